The second-order valence-corrected chi connectivity index (χ2v) is 5.47. The normalized spacial score (nSPS) is 24.5. The Balaban J connectivity index is 2.29. The predicted octanol–water partition coefficient (Wildman–Crippen LogP) is 2.53. The highest BCUT2D eigenvalue weighted by Gasteiger charge is 2.59. The maximum absolute atomic E-state index is 12.4. The number of benzene rings is 1. The molecular formula is C16H21NO4. The molecule has 0 aliphatic carbocycles. The molecule has 0 aromatic heterocycles. The van der Waals surface area contributed by atoms with E-state index in [9.17, 15) is 9.59 Å². The molecule has 0 radical (unpaired) electrons. The summed E-state index contributed by atoms with van der Waals surface area (Å²) >= 11 is 0. The summed E-state index contributed by atoms with van der Waals surface area (Å²) in [6.07, 6.45) is 0.966. The van der Waals surface area contributed by atoms with Crippen molar-refractivity contribution in [3.8, 4) is 5.75 Å². The van der Waals surface area contributed by atoms with Crippen LogP contribution in [-0.2, 0) is 14.3 Å². The average Bonchev–Trinajstić information content (AvgIpc) is 2.46. The van der Waals surface area contributed by atoms with Gasteiger partial charge in [0.05, 0.1) is 12.6 Å². The number of carbonyl (C=O) groups excluding carboxylic acids is 2. The fourth-order valence-corrected chi connectivity index (χ4v) is 2.93. The Hall–Kier alpha value is -2.04. The molecule has 1 fully saturated rings. The largest absolute Gasteiger partial charge is 0.497 e. The number of methoxy groups -OCH3 is 1. The Morgan fingerprint density at radius 1 is 1.33 bits per heavy atom. The number of hydrogen-bond donors (Lipinski definition) is 0. The predicted molar refractivity (Wildman–Crippen MR) is 79.3 cm³/mol. The molecule has 21 heavy (non-hydrogen) atoms. The van der Waals surface area contributed by atoms with Crippen LogP contribution in [0.1, 0.15) is 33.6 Å². The molecule has 1 aliphatic rings. The fourth-order valence-electron chi connectivity index (χ4n) is 2.93. The monoisotopic (exact) mass is 291 g/mol. The molecular weight excluding hydrogens is 270 g/mol. The van der Waals surface area contributed by atoms with E-state index in [-0.39, 0.29) is 5.91 Å². The first-order valence-corrected chi connectivity index (χ1v) is 7.09. The first-order valence-electron chi connectivity index (χ1n) is 7.09. The van der Waals surface area contributed by atoms with E-state index in [1.165, 1.54) is 6.92 Å². The van der Waals surface area contributed by atoms with Crippen molar-refractivity contribution >= 4 is 17.6 Å². The van der Waals surface area contributed by atoms with Crippen LogP contribution in [0, 0.1) is 0 Å². The number of nitrogens with zero attached hydrogens (tertiary/aromatic N) is 1. The quantitative estimate of drug-likeness (QED) is 0.618. The number of β-lactam (4-membered cyclic amide) rings is 1. The van der Waals surface area contributed by atoms with Crippen LogP contribution in [0.3, 0.4) is 0 Å². The highest BCUT2D eigenvalue weighted by atomic mass is 16.6. The van der Waals surface area contributed by atoms with Crippen LogP contribution in [0.25, 0.3) is 0 Å². The number of anilines is 1. The molecule has 5 heteroatoms. The van der Waals surface area contributed by atoms with Crippen molar-refractivity contribution in [2.75, 3.05) is 12.0 Å². The fraction of sp³-hybridized carbons (Fsp3) is 0.500. The number of rotatable bonds is 5. The van der Waals surface area contributed by atoms with Crippen LogP contribution in [0.5, 0.6) is 5.75 Å². The number of amides is 1. The second-order valence-electron chi connectivity index (χ2n) is 5.47. The van der Waals surface area contributed by atoms with Gasteiger partial charge in [0.25, 0.3) is 5.91 Å². The molecule has 1 saturated heterocycles. The van der Waals surface area contributed by atoms with Crippen LogP contribution >= 0.6 is 0 Å². The minimum Gasteiger partial charge on any atom is -0.497 e. The maximum atomic E-state index is 12.4. The average molecular weight is 291 g/mol. The lowest BCUT2D eigenvalue weighted by Gasteiger charge is -2.54. The van der Waals surface area contributed by atoms with Crippen molar-refractivity contribution in [2.45, 2.75) is 45.3 Å². The highest BCUT2D eigenvalue weighted by molar-refractivity contribution is 6.07. The van der Waals surface area contributed by atoms with E-state index < -0.39 is 17.6 Å². The number of esters is 1. The van der Waals surface area contributed by atoms with Gasteiger partial charge >= 0.3 is 5.97 Å². The van der Waals surface area contributed by atoms with E-state index in [2.05, 4.69) is 0 Å². The van der Waals surface area contributed by atoms with Crippen molar-refractivity contribution in [1.82, 2.24) is 0 Å². The van der Waals surface area contributed by atoms with Gasteiger partial charge in [0, 0.05) is 12.6 Å². The van der Waals surface area contributed by atoms with Gasteiger partial charge in [-0.05, 0) is 37.6 Å². The lowest BCUT2D eigenvalue weighted by atomic mass is 9.78. The van der Waals surface area contributed by atoms with Crippen molar-refractivity contribution in [3.05, 3.63) is 24.3 Å². The van der Waals surface area contributed by atoms with Crippen molar-refractivity contribution < 1.29 is 19.1 Å². The van der Waals surface area contributed by atoms with E-state index in [0.29, 0.717) is 0 Å². The number of carbonyl (C=O) groups is 2. The lowest BCUT2D eigenvalue weighted by molar-refractivity contribution is -0.166. The highest BCUT2D eigenvalue weighted by Crippen LogP contribution is 2.42. The zero-order chi connectivity index (χ0) is 15.6. The van der Waals surface area contributed by atoms with Gasteiger partial charge < -0.3 is 9.47 Å². The van der Waals surface area contributed by atoms with Gasteiger partial charge in [-0.25, -0.2) is 0 Å². The minimum atomic E-state index is -0.697. The van der Waals surface area contributed by atoms with Gasteiger partial charge in [0.2, 0.25) is 6.10 Å². The van der Waals surface area contributed by atoms with E-state index >= 15 is 0 Å². The van der Waals surface area contributed by atoms with Gasteiger partial charge in [-0.1, -0.05) is 13.3 Å². The van der Waals surface area contributed by atoms with Crippen LogP contribution in [0.2, 0.25) is 0 Å². The molecule has 0 spiro atoms. The molecule has 1 heterocycles. The van der Waals surface area contributed by atoms with Crippen LogP contribution < -0.4 is 9.64 Å². The molecule has 1 unspecified atom stereocenters. The Kier molecular flexibility index (Phi) is 4.21. The van der Waals surface area contributed by atoms with Crippen molar-refractivity contribution in [1.29, 1.82) is 0 Å². The van der Waals surface area contributed by atoms with E-state index in [4.69, 9.17) is 9.47 Å². The third-order valence-electron chi connectivity index (χ3n) is 3.89. The third kappa shape index (κ3) is 2.60. The molecule has 1 aromatic carbocycles. The Morgan fingerprint density at radius 3 is 2.43 bits per heavy atom. The summed E-state index contributed by atoms with van der Waals surface area (Å²) < 4.78 is 10.3. The molecule has 0 saturated carbocycles. The maximum Gasteiger partial charge on any atom is 0.303 e. The number of ether oxygens (including phenoxy) is 2. The topological polar surface area (TPSA) is 55.8 Å². The molecule has 0 bridgehead atoms. The molecule has 1 amide bonds. The first-order chi connectivity index (χ1) is 9.93. The standard InChI is InChI=1S/C16H21NO4/c1-5-10-16(3)14(21-11(2)18)15(19)17(16)12-6-8-13(20-4)9-7-12/h6-9,14H,5,10H2,1-4H3/t14-,16?/m0/s1. The van der Waals surface area contributed by atoms with Gasteiger partial charge in [-0.2, -0.15) is 0 Å². The molecule has 0 N–H and O–H groups in total. The van der Waals surface area contributed by atoms with E-state index in [0.717, 1.165) is 24.3 Å². The van der Waals surface area contributed by atoms with Crippen LogP contribution in [-0.4, -0.2) is 30.6 Å². The summed E-state index contributed by atoms with van der Waals surface area (Å²) in [6, 6.07) is 7.31. The van der Waals surface area contributed by atoms with Crippen LogP contribution in [0.15, 0.2) is 24.3 Å². The first kappa shape index (κ1) is 15.4. The summed E-state index contributed by atoms with van der Waals surface area (Å²) in [4.78, 5) is 25.3. The van der Waals surface area contributed by atoms with Crippen molar-refractivity contribution in [3.63, 3.8) is 0 Å². The molecule has 1 aromatic rings. The Bertz CT molecular complexity index is 540. The summed E-state index contributed by atoms with van der Waals surface area (Å²) in [5.41, 5.74) is 0.298. The summed E-state index contributed by atoms with van der Waals surface area (Å²) in [5, 5.41) is 0. The smallest absolute Gasteiger partial charge is 0.303 e. The summed E-state index contributed by atoms with van der Waals surface area (Å²) in [6.45, 7) is 5.33. The van der Waals surface area contributed by atoms with Gasteiger partial charge in [-0.3, -0.25) is 14.5 Å². The molecule has 5 nitrogen and oxygen atoms in total. The number of hydrogen-bond acceptors (Lipinski definition) is 4. The Labute approximate surface area is 124 Å². The zero-order valence-corrected chi connectivity index (χ0v) is 12.9. The molecule has 114 valence electrons. The SMILES string of the molecule is CCCC1(C)[C@@H](OC(C)=O)C(=O)N1c1ccc(OC)cc1. The lowest BCUT2D eigenvalue weighted by Crippen LogP contribution is -2.74. The second kappa shape index (κ2) is 5.76. The van der Waals surface area contributed by atoms with Crippen molar-refractivity contribution in [2.24, 2.45) is 0 Å². The van der Waals surface area contributed by atoms with Gasteiger partial charge in [0.15, 0.2) is 0 Å². The zero-order valence-electron chi connectivity index (χ0n) is 12.9. The summed E-state index contributed by atoms with van der Waals surface area (Å²) in [7, 11) is 1.60. The van der Waals surface area contributed by atoms with Gasteiger partial charge in [0.1, 0.15) is 5.75 Å². The third-order valence-corrected chi connectivity index (χ3v) is 3.89. The van der Waals surface area contributed by atoms with E-state index in [1.54, 1.807) is 12.0 Å². The molecule has 2 rings (SSSR count). The summed E-state index contributed by atoms with van der Waals surface area (Å²) in [5.74, 6) is 0.136. The molecule has 2 atom stereocenters. The van der Waals surface area contributed by atoms with Crippen LogP contribution in [0.4, 0.5) is 5.69 Å². The minimum absolute atomic E-state index is 0.175. The Morgan fingerprint density at radius 2 is 1.95 bits per heavy atom. The van der Waals surface area contributed by atoms with E-state index in [1.807, 2.05) is 38.1 Å². The molecule has 1 aliphatic heterocycles. The van der Waals surface area contributed by atoms with Gasteiger partial charge in [-0.15, -0.1) is 0 Å².